The predicted molar refractivity (Wildman–Crippen MR) is 82.2 cm³/mol. The third kappa shape index (κ3) is 4.26. The van der Waals surface area contributed by atoms with Crippen molar-refractivity contribution in [2.75, 3.05) is 26.2 Å². The Morgan fingerprint density at radius 3 is 2.63 bits per heavy atom. The van der Waals surface area contributed by atoms with Gasteiger partial charge in [0, 0.05) is 18.0 Å². The van der Waals surface area contributed by atoms with E-state index in [1.54, 1.807) is 6.07 Å². The zero-order valence-electron chi connectivity index (χ0n) is 11.0. The molecule has 1 aliphatic heterocycles. The van der Waals surface area contributed by atoms with Crippen molar-refractivity contribution >= 4 is 37.3 Å². The van der Waals surface area contributed by atoms with Gasteiger partial charge in [0.1, 0.15) is 0 Å². The number of aryl methyl sites for hydroxylation is 1. The molecular weight excluding hydrogens is 348 g/mol. The van der Waals surface area contributed by atoms with Gasteiger partial charge in [0.2, 0.25) is 10.0 Å². The van der Waals surface area contributed by atoms with Crippen molar-refractivity contribution in [3.8, 4) is 0 Å². The Balaban J connectivity index is 1.89. The minimum absolute atomic E-state index is 0.392. The van der Waals surface area contributed by atoms with Crippen LogP contribution < -0.4 is 4.72 Å². The van der Waals surface area contributed by atoms with E-state index in [0.717, 1.165) is 28.3 Å². The molecule has 4 nitrogen and oxygen atoms in total. The second-order valence-corrected chi connectivity index (χ2v) is 9.14. The first-order chi connectivity index (χ1) is 8.99. The van der Waals surface area contributed by atoms with Crippen LogP contribution in [-0.2, 0) is 10.0 Å². The van der Waals surface area contributed by atoms with Crippen molar-refractivity contribution in [1.29, 1.82) is 0 Å². The summed E-state index contributed by atoms with van der Waals surface area (Å²) in [6.45, 7) is 5.28. The Bertz CT molecular complexity index is 522. The molecule has 0 aliphatic carbocycles. The van der Waals surface area contributed by atoms with Gasteiger partial charge in [-0.2, -0.15) is 0 Å². The molecule has 1 aliphatic rings. The van der Waals surface area contributed by atoms with Crippen LogP contribution in [0.15, 0.2) is 14.7 Å². The van der Waals surface area contributed by atoms with Crippen molar-refractivity contribution < 1.29 is 8.42 Å². The summed E-state index contributed by atoms with van der Waals surface area (Å²) in [5.41, 5.74) is 0. The number of sulfonamides is 1. The number of nitrogens with one attached hydrogen (secondary N) is 1. The quantitative estimate of drug-likeness (QED) is 0.870. The molecule has 1 N–H and O–H groups in total. The SMILES string of the molecule is Cc1sc(Br)cc1S(=O)(=O)NCCN1CCCCC1. The topological polar surface area (TPSA) is 49.4 Å². The molecule has 0 atom stereocenters. The average Bonchev–Trinajstić information content (AvgIpc) is 2.70. The van der Waals surface area contributed by atoms with Gasteiger partial charge in [0.05, 0.1) is 8.68 Å². The first-order valence-electron chi connectivity index (χ1n) is 6.47. The van der Waals surface area contributed by atoms with E-state index in [1.165, 1.54) is 30.6 Å². The van der Waals surface area contributed by atoms with Gasteiger partial charge in [0.15, 0.2) is 0 Å². The summed E-state index contributed by atoms with van der Waals surface area (Å²) < 4.78 is 27.9. The molecule has 19 heavy (non-hydrogen) atoms. The van der Waals surface area contributed by atoms with Crippen LogP contribution in [0.25, 0.3) is 0 Å². The Hall–Kier alpha value is 0.0500. The first-order valence-corrected chi connectivity index (χ1v) is 9.56. The van der Waals surface area contributed by atoms with Gasteiger partial charge in [-0.1, -0.05) is 6.42 Å². The average molecular weight is 367 g/mol. The number of hydrogen-bond acceptors (Lipinski definition) is 4. The van der Waals surface area contributed by atoms with Crippen LogP contribution in [0.1, 0.15) is 24.1 Å². The highest BCUT2D eigenvalue weighted by Crippen LogP contribution is 2.29. The molecule has 1 aromatic heterocycles. The molecule has 0 spiro atoms. The fourth-order valence-corrected chi connectivity index (χ4v) is 5.73. The molecule has 2 heterocycles. The lowest BCUT2D eigenvalue weighted by atomic mass is 10.1. The van der Waals surface area contributed by atoms with E-state index < -0.39 is 10.0 Å². The number of nitrogens with zero attached hydrogens (tertiary/aromatic N) is 1. The van der Waals surface area contributed by atoms with Crippen molar-refractivity contribution in [1.82, 2.24) is 9.62 Å². The van der Waals surface area contributed by atoms with Crippen LogP contribution in [0.2, 0.25) is 0 Å². The second-order valence-electron chi connectivity index (χ2n) is 4.77. The Kier molecular flexibility index (Phi) is 5.42. The van der Waals surface area contributed by atoms with Gasteiger partial charge in [-0.05, 0) is 54.9 Å². The minimum Gasteiger partial charge on any atom is -0.302 e. The fraction of sp³-hybridized carbons (Fsp3) is 0.667. The van der Waals surface area contributed by atoms with E-state index in [1.807, 2.05) is 6.92 Å². The van der Waals surface area contributed by atoms with Gasteiger partial charge in [-0.25, -0.2) is 13.1 Å². The maximum Gasteiger partial charge on any atom is 0.241 e. The number of rotatable bonds is 5. The van der Waals surface area contributed by atoms with Gasteiger partial charge in [-0.15, -0.1) is 11.3 Å². The molecule has 0 radical (unpaired) electrons. The highest BCUT2D eigenvalue weighted by Gasteiger charge is 2.19. The summed E-state index contributed by atoms with van der Waals surface area (Å²) in [6, 6.07) is 1.67. The fourth-order valence-electron chi connectivity index (χ4n) is 2.30. The van der Waals surface area contributed by atoms with Crippen LogP contribution in [0, 0.1) is 6.92 Å². The lowest BCUT2D eigenvalue weighted by Gasteiger charge is -2.26. The maximum atomic E-state index is 12.2. The second kappa shape index (κ2) is 6.67. The molecule has 0 amide bonds. The summed E-state index contributed by atoms with van der Waals surface area (Å²) >= 11 is 4.77. The Labute approximate surface area is 127 Å². The number of piperidine rings is 1. The molecule has 1 aromatic rings. The molecule has 2 rings (SSSR count). The third-order valence-corrected chi connectivity index (χ3v) is 6.57. The number of likely N-dealkylation sites (tertiary alicyclic amines) is 1. The van der Waals surface area contributed by atoms with E-state index >= 15 is 0 Å². The summed E-state index contributed by atoms with van der Waals surface area (Å²) in [5.74, 6) is 0. The van der Waals surface area contributed by atoms with E-state index in [0.29, 0.717) is 11.4 Å². The molecule has 0 bridgehead atoms. The van der Waals surface area contributed by atoms with Crippen molar-refractivity contribution in [2.45, 2.75) is 31.1 Å². The molecule has 0 aromatic carbocycles. The van der Waals surface area contributed by atoms with Crippen LogP contribution in [0.5, 0.6) is 0 Å². The molecule has 0 saturated carbocycles. The van der Waals surface area contributed by atoms with Gasteiger partial charge < -0.3 is 4.90 Å². The van der Waals surface area contributed by atoms with Gasteiger partial charge in [0.25, 0.3) is 0 Å². The summed E-state index contributed by atoms with van der Waals surface area (Å²) in [7, 11) is -3.37. The number of hydrogen-bond donors (Lipinski definition) is 1. The lowest BCUT2D eigenvalue weighted by molar-refractivity contribution is 0.233. The lowest BCUT2D eigenvalue weighted by Crippen LogP contribution is -2.37. The highest BCUT2D eigenvalue weighted by atomic mass is 79.9. The van der Waals surface area contributed by atoms with Crippen LogP contribution in [-0.4, -0.2) is 39.5 Å². The van der Waals surface area contributed by atoms with Crippen molar-refractivity contribution in [3.63, 3.8) is 0 Å². The van der Waals surface area contributed by atoms with E-state index in [2.05, 4.69) is 25.6 Å². The van der Waals surface area contributed by atoms with Gasteiger partial charge in [-0.3, -0.25) is 0 Å². The van der Waals surface area contributed by atoms with Crippen LogP contribution in [0.4, 0.5) is 0 Å². The number of halogens is 1. The smallest absolute Gasteiger partial charge is 0.241 e. The van der Waals surface area contributed by atoms with E-state index in [9.17, 15) is 8.42 Å². The monoisotopic (exact) mass is 366 g/mol. The molecule has 1 saturated heterocycles. The standard InChI is InChI=1S/C12H19BrN2O2S2/c1-10-11(9-12(13)18-10)19(16,17)14-5-8-15-6-3-2-4-7-15/h9,14H,2-8H2,1H3. The first kappa shape index (κ1) is 15.4. The maximum absolute atomic E-state index is 12.2. The van der Waals surface area contributed by atoms with Crippen LogP contribution >= 0.6 is 27.3 Å². The Morgan fingerprint density at radius 1 is 1.37 bits per heavy atom. The minimum atomic E-state index is -3.37. The normalized spacial score (nSPS) is 17.8. The summed E-state index contributed by atoms with van der Waals surface area (Å²) in [6.07, 6.45) is 3.75. The Morgan fingerprint density at radius 2 is 2.05 bits per heavy atom. The summed E-state index contributed by atoms with van der Waals surface area (Å²) in [5, 5.41) is 0. The third-order valence-electron chi connectivity index (χ3n) is 3.30. The van der Waals surface area contributed by atoms with Crippen molar-refractivity contribution in [3.05, 3.63) is 14.7 Å². The molecule has 7 heteroatoms. The number of thiophene rings is 1. The van der Waals surface area contributed by atoms with E-state index in [-0.39, 0.29) is 0 Å². The zero-order chi connectivity index (χ0) is 13.9. The molecular formula is C12H19BrN2O2S2. The molecule has 0 unspecified atom stereocenters. The van der Waals surface area contributed by atoms with E-state index in [4.69, 9.17) is 0 Å². The summed E-state index contributed by atoms with van der Waals surface area (Å²) in [4.78, 5) is 3.53. The highest BCUT2D eigenvalue weighted by molar-refractivity contribution is 9.11. The molecule has 108 valence electrons. The van der Waals surface area contributed by atoms with Crippen molar-refractivity contribution in [2.24, 2.45) is 0 Å². The molecule has 1 fully saturated rings. The predicted octanol–water partition coefficient (Wildman–Crippen LogP) is 2.58. The largest absolute Gasteiger partial charge is 0.302 e. The van der Waals surface area contributed by atoms with Crippen LogP contribution in [0.3, 0.4) is 0 Å². The van der Waals surface area contributed by atoms with Gasteiger partial charge >= 0.3 is 0 Å². The zero-order valence-corrected chi connectivity index (χ0v) is 14.2.